The third-order valence-electron chi connectivity index (χ3n) is 5.99. The van der Waals surface area contributed by atoms with E-state index < -0.39 is 17.6 Å². The Morgan fingerprint density at radius 2 is 1.82 bits per heavy atom. The molecule has 6 nitrogen and oxygen atoms in total. The molecule has 2 aromatic heterocycles. The van der Waals surface area contributed by atoms with Gasteiger partial charge in [-0.2, -0.15) is 13.2 Å². The molecule has 0 radical (unpaired) electrons. The summed E-state index contributed by atoms with van der Waals surface area (Å²) in [5, 5.41) is 5.77. The highest BCUT2D eigenvalue weighted by Crippen LogP contribution is 2.36. The van der Waals surface area contributed by atoms with E-state index in [1.54, 1.807) is 36.8 Å². The third kappa shape index (κ3) is 5.91. The topological polar surface area (TPSA) is 70.2 Å². The van der Waals surface area contributed by atoms with Gasteiger partial charge in [-0.25, -0.2) is 4.98 Å². The number of carbonyl (C=O) groups excluding carboxylic acids is 1. The molecule has 1 amide bonds. The third-order valence-corrected chi connectivity index (χ3v) is 5.99. The van der Waals surface area contributed by atoms with Crippen LogP contribution < -0.4 is 10.6 Å². The van der Waals surface area contributed by atoms with Crippen LogP contribution in [0.2, 0.25) is 0 Å². The fourth-order valence-electron chi connectivity index (χ4n) is 4.08. The zero-order valence-electron chi connectivity index (χ0n) is 18.8. The van der Waals surface area contributed by atoms with Crippen LogP contribution in [0, 0.1) is 0 Å². The molecule has 3 aromatic rings. The van der Waals surface area contributed by atoms with Crippen LogP contribution in [-0.2, 0) is 12.7 Å². The van der Waals surface area contributed by atoms with E-state index in [-0.39, 0.29) is 17.2 Å². The van der Waals surface area contributed by atoms with Gasteiger partial charge in [-0.1, -0.05) is 0 Å². The first-order chi connectivity index (χ1) is 16.3. The minimum absolute atomic E-state index is 0.0186. The second-order valence-corrected chi connectivity index (χ2v) is 8.48. The van der Waals surface area contributed by atoms with Gasteiger partial charge in [0.15, 0.2) is 0 Å². The summed E-state index contributed by atoms with van der Waals surface area (Å²) in [7, 11) is 2.00. The Hall–Kier alpha value is -3.46. The molecule has 1 saturated heterocycles. The van der Waals surface area contributed by atoms with Gasteiger partial charge in [0.05, 0.1) is 11.1 Å². The number of aromatic nitrogens is 2. The molecule has 0 unspecified atom stereocenters. The molecule has 0 bridgehead atoms. The summed E-state index contributed by atoms with van der Waals surface area (Å²) in [5.74, 6) is -0.163. The number of piperidine rings is 1. The van der Waals surface area contributed by atoms with Crippen LogP contribution in [0.4, 0.5) is 24.7 Å². The van der Waals surface area contributed by atoms with Gasteiger partial charge in [-0.15, -0.1) is 0 Å². The molecule has 4 rings (SSSR count). The summed E-state index contributed by atoms with van der Waals surface area (Å²) >= 11 is 0. The van der Waals surface area contributed by atoms with Crippen molar-refractivity contribution in [1.29, 1.82) is 0 Å². The van der Waals surface area contributed by atoms with E-state index >= 15 is 0 Å². The molecule has 34 heavy (non-hydrogen) atoms. The number of alkyl halides is 3. The molecule has 0 spiro atoms. The number of halogens is 3. The van der Waals surface area contributed by atoms with Crippen molar-refractivity contribution < 1.29 is 18.0 Å². The molecule has 1 fully saturated rings. The first-order valence-corrected chi connectivity index (χ1v) is 11.1. The van der Waals surface area contributed by atoms with Crippen molar-refractivity contribution in [2.75, 3.05) is 30.8 Å². The summed E-state index contributed by atoms with van der Waals surface area (Å²) in [6.45, 7) is 2.07. The standard InChI is InChI=1S/C25H26F3N5O/c1-33-11-6-18(7-12-33)19-13-20(25(26,27)28)15-21(14-19)32-24(34)22-3-2-8-30-23(22)31-16-17-4-9-29-10-5-17/h2-5,8-10,13-15,18H,6-7,11-12,16H2,1H3,(H,30,31)(H,32,34). The van der Waals surface area contributed by atoms with Crippen molar-refractivity contribution in [2.45, 2.75) is 31.5 Å². The van der Waals surface area contributed by atoms with Crippen LogP contribution >= 0.6 is 0 Å². The number of benzene rings is 1. The van der Waals surface area contributed by atoms with Crippen LogP contribution in [0.1, 0.15) is 45.8 Å². The Morgan fingerprint density at radius 3 is 2.53 bits per heavy atom. The number of amides is 1. The highest BCUT2D eigenvalue weighted by Gasteiger charge is 2.32. The number of carbonyl (C=O) groups is 1. The predicted octanol–water partition coefficient (Wildman–Crippen LogP) is 5.17. The van der Waals surface area contributed by atoms with Gasteiger partial charge in [0.2, 0.25) is 0 Å². The fourth-order valence-corrected chi connectivity index (χ4v) is 4.08. The summed E-state index contributed by atoms with van der Waals surface area (Å²) in [4.78, 5) is 23.4. The Balaban J connectivity index is 1.56. The lowest BCUT2D eigenvalue weighted by Gasteiger charge is -2.29. The Labute approximate surface area is 196 Å². The largest absolute Gasteiger partial charge is 0.416 e. The molecular weight excluding hydrogens is 443 g/mol. The average Bonchev–Trinajstić information content (AvgIpc) is 2.83. The SMILES string of the molecule is CN1CCC(c2cc(NC(=O)c3cccnc3NCc3ccncc3)cc(C(F)(F)F)c2)CC1. The zero-order valence-corrected chi connectivity index (χ0v) is 18.8. The van der Waals surface area contributed by atoms with Crippen LogP contribution in [-0.4, -0.2) is 40.9 Å². The number of hydrogen-bond donors (Lipinski definition) is 2. The summed E-state index contributed by atoms with van der Waals surface area (Å²) in [6, 6.07) is 10.7. The first-order valence-electron chi connectivity index (χ1n) is 11.1. The number of nitrogens with one attached hydrogen (secondary N) is 2. The van der Waals surface area contributed by atoms with Gasteiger partial charge in [0, 0.05) is 30.8 Å². The average molecular weight is 470 g/mol. The number of likely N-dealkylation sites (tertiary alicyclic amines) is 1. The van der Waals surface area contributed by atoms with Gasteiger partial charge in [0.1, 0.15) is 5.82 Å². The summed E-state index contributed by atoms with van der Waals surface area (Å²) in [5.41, 5.74) is 1.15. The molecule has 0 saturated carbocycles. The second-order valence-electron chi connectivity index (χ2n) is 8.48. The first kappa shape index (κ1) is 23.7. The van der Waals surface area contributed by atoms with Gasteiger partial charge in [0.25, 0.3) is 5.91 Å². The molecule has 3 heterocycles. The predicted molar refractivity (Wildman–Crippen MR) is 125 cm³/mol. The molecule has 2 N–H and O–H groups in total. The number of anilines is 2. The van der Waals surface area contributed by atoms with Crippen molar-refractivity contribution in [2.24, 2.45) is 0 Å². The maximum absolute atomic E-state index is 13.6. The van der Waals surface area contributed by atoms with E-state index in [0.29, 0.717) is 17.9 Å². The van der Waals surface area contributed by atoms with E-state index in [1.807, 2.05) is 19.2 Å². The van der Waals surface area contributed by atoms with Crippen LogP contribution in [0.15, 0.2) is 61.1 Å². The minimum atomic E-state index is -4.51. The van der Waals surface area contributed by atoms with E-state index in [4.69, 9.17) is 0 Å². The van der Waals surface area contributed by atoms with E-state index in [2.05, 4.69) is 25.5 Å². The van der Waals surface area contributed by atoms with Crippen LogP contribution in [0.5, 0.6) is 0 Å². The quantitative estimate of drug-likeness (QED) is 0.521. The molecule has 1 aliphatic rings. The zero-order chi connectivity index (χ0) is 24.1. The molecule has 0 aliphatic carbocycles. The van der Waals surface area contributed by atoms with Gasteiger partial charge in [-0.05, 0) is 92.5 Å². The van der Waals surface area contributed by atoms with Crippen LogP contribution in [0.3, 0.4) is 0 Å². The molecule has 9 heteroatoms. The smallest absolute Gasteiger partial charge is 0.365 e. The Kier molecular flexibility index (Phi) is 7.12. The minimum Gasteiger partial charge on any atom is -0.365 e. The molecule has 178 valence electrons. The van der Waals surface area contributed by atoms with Crippen molar-refractivity contribution >= 4 is 17.4 Å². The van der Waals surface area contributed by atoms with Crippen LogP contribution in [0.25, 0.3) is 0 Å². The highest BCUT2D eigenvalue weighted by atomic mass is 19.4. The maximum atomic E-state index is 13.6. The number of pyridine rings is 2. The van der Waals surface area contributed by atoms with E-state index in [1.165, 1.54) is 6.07 Å². The number of hydrogen-bond acceptors (Lipinski definition) is 5. The van der Waals surface area contributed by atoms with Gasteiger partial charge in [-0.3, -0.25) is 9.78 Å². The summed E-state index contributed by atoms with van der Waals surface area (Å²) in [6.07, 6.45) is 1.92. The Morgan fingerprint density at radius 1 is 1.09 bits per heavy atom. The molecule has 0 atom stereocenters. The molecule has 1 aromatic carbocycles. The lowest BCUT2D eigenvalue weighted by atomic mass is 9.88. The highest BCUT2D eigenvalue weighted by molar-refractivity contribution is 6.07. The van der Waals surface area contributed by atoms with Gasteiger partial charge < -0.3 is 15.5 Å². The maximum Gasteiger partial charge on any atom is 0.416 e. The molecule has 1 aliphatic heterocycles. The monoisotopic (exact) mass is 469 g/mol. The van der Waals surface area contributed by atoms with Crippen molar-refractivity contribution in [3.05, 3.63) is 83.3 Å². The summed E-state index contributed by atoms with van der Waals surface area (Å²) < 4.78 is 40.9. The van der Waals surface area contributed by atoms with Crippen molar-refractivity contribution in [3.8, 4) is 0 Å². The normalized spacial score (nSPS) is 15.2. The fraction of sp³-hybridized carbons (Fsp3) is 0.320. The lowest BCUT2D eigenvalue weighted by Crippen LogP contribution is -2.29. The van der Waals surface area contributed by atoms with Crippen molar-refractivity contribution in [1.82, 2.24) is 14.9 Å². The number of rotatable bonds is 6. The van der Waals surface area contributed by atoms with Crippen molar-refractivity contribution in [3.63, 3.8) is 0 Å². The Bertz CT molecular complexity index is 1130. The van der Waals surface area contributed by atoms with E-state index in [0.717, 1.165) is 37.6 Å². The number of nitrogens with zero attached hydrogens (tertiary/aromatic N) is 3. The van der Waals surface area contributed by atoms with Gasteiger partial charge >= 0.3 is 6.18 Å². The lowest BCUT2D eigenvalue weighted by molar-refractivity contribution is -0.137. The van der Waals surface area contributed by atoms with E-state index in [9.17, 15) is 18.0 Å². The molecular formula is C25H26F3N5O. The second kappa shape index (κ2) is 10.2.